The summed E-state index contributed by atoms with van der Waals surface area (Å²) in [5, 5.41) is 0. The molecule has 0 aliphatic heterocycles. The molecule has 1 aromatic rings. The van der Waals surface area contributed by atoms with Gasteiger partial charge in [0, 0.05) is 12.2 Å². The standard InChI is InChI=1S/C25H37FO/c1-3-5-6-19-7-9-20(10-8-19)21-11-13-22(14-12-21)23-15-16-24(18-27-4-2)25(26)17-23/h5-6,15-17,19-22H,3-4,7-14,18H2,1-2H3/b6-5+/t19?,20?,21-,22-. The van der Waals surface area contributed by atoms with Gasteiger partial charge in [-0.05, 0) is 100 Å². The minimum absolute atomic E-state index is 0.0958. The van der Waals surface area contributed by atoms with Crippen LogP contribution in [0.1, 0.15) is 88.7 Å². The van der Waals surface area contributed by atoms with Gasteiger partial charge in [-0.25, -0.2) is 4.39 Å². The lowest BCUT2D eigenvalue weighted by atomic mass is 9.68. The summed E-state index contributed by atoms with van der Waals surface area (Å²) in [6.07, 6.45) is 16.7. The van der Waals surface area contributed by atoms with E-state index < -0.39 is 0 Å². The Morgan fingerprint density at radius 3 is 2.22 bits per heavy atom. The zero-order chi connectivity index (χ0) is 19.1. The molecule has 2 fully saturated rings. The van der Waals surface area contributed by atoms with E-state index in [0.29, 0.717) is 24.7 Å². The van der Waals surface area contributed by atoms with Crippen molar-refractivity contribution in [2.24, 2.45) is 17.8 Å². The van der Waals surface area contributed by atoms with Gasteiger partial charge in [0.05, 0.1) is 6.61 Å². The van der Waals surface area contributed by atoms with E-state index in [2.05, 4.69) is 25.1 Å². The predicted octanol–water partition coefficient (Wildman–Crippen LogP) is 7.41. The van der Waals surface area contributed by atoms with E-state index in [1.165, 1.54) is 56.9 Å². The zero-order valence-corrected chi connectivity index (χ0v) is 17.3. The van der Waals surface area contributed by atoms with Crippen LogP contribution in [-0.4, -0.2) is 6.61 Å². The first-order valence-electron chi connectivity index (χ1n) is 11.2. The van der Waals surface area contributed by atoms with Gasteiger partial charge >= 0.3 is 0 Å². The van der Waals surface area contributed by atoms with Gasteiger partial charge in [0.25, 0.3) is 0 Å². The van der Waals surface area contributed by atoms with Gasteiger partial charge in [-0.1, -0.05) is 31.2 Å². The van der Waals surface area contributed by atoms with Crippen LogP contribution in [0.15, 0.2) is 30.4 Å². The third kappa shape index (κ3) is 5.67. The van der Waals surface area contributed by atoms with Crippen molar-refractivity contribution in [3.05, 3.63) is 47.3 Å². The Morgan fingerprint density at radius 2 is 1.63 bits per heavy atom. The molecule has 0 radical (unpaired) electrons. The molecule has 27 heavy (non-hydrogen) atoms. The smallest absolute Gasteiger partial charge is 0.129 e. The van der Waals surface area contributed by atoms with Crippen molar-refractivity contribution in [1.82, 2.24) is 0 Å². The molecule has 3 rings (SSSR count). The molecular weight excluding hydrogens is 335 g/mol. The van der Waals surface area contributed by atoms with Crippen molar-refractivity contribution in [1.29, 1.82) is 0 Å². The largest absolute Gasteiger partial charge is 0.377 e. The number of allylic oxidation sites excluding steroid dienone is 2. The second kappa shape index (κ2) is 10.4. The van der Waals surface area contributed by atoms with Gasteiger partial charge in [-0.2, -0.15) is 0 Å². The van der Waals surface area contributed by atoms with Gasteiger partial charge in [0.1, 0.15) is 5.82 Å². The molecule has 2 saturated carbocycles. The van der Waals surface area contributed by atoms with E-state index in [4.69, 9.17) is 4.74 Å². The maximum atomic E-state index is 14.3. The Balaban J connectivity index is 1.48. The number of hydrogen-bond acceptors (Lipinski definition) is 1. The van der Waals surface area contributed by atoms with Crippen molar-refractivity contribution >= 4 is 0 Å². The quantitative estimate of drug-likeness (QED) is 0.453. The lowest BCUT2D eigenvalue weighted by Crippen LogP contribution is -2.25. The van der Waals surface area contributed by atoms with Crippen LogP contribution in [0.3, 0.4) is 0 Å². The molecular formula is C25H37FO. The Hall–Kier alpha value is -1.15. The van der Waals surface area contributed by atoms with Crippen molar-refractivity contribution in [2.75, 3.05) is 6.61 Å². The molecule has 0 N–H and O–H groups in total. The summed E-state index contributed by atoms with van der Waals surface area (Å²) in [7, 11) is 0. The molecule has 0 amide bonds. The molecule has 1 nitrogen and oxygen atoms in total. The molecule has 0 aromatic heterocycles. The molecule has 0 spiro atoms. The van der Waals surface area contributed by atoms with Gasteiger partial charge in [-0.3, -0.25) is 0 Å². The van der Waals surface area contributed by atoms with Gasteiger partial charge in [-0.15, -0.1) is 0 Å². The summed E-state index contributed by atoms with van der Waals surface area (Å²) in [6, 6.07) is 5.83. The topological polar surface area (TPSA) is 9.23 Å². The number of halogens is 1. The van der Waals surface area contributed by atoms with Crippen LogP contribution in [0.25, 0.3) is 0 Å². The first kappa shape index (κ1) is 20.6. The van der Waals surface area contributed by atoms with E-state index >= 15 is 0 Å². The van der Waals surface area contributed by atoms with Crippen LogP contribution >= 0.6 is 0 Å². The van der Waals surface area contributed by atoms with Crippen LogP contribution in [0.2, 0.25) is 0 Å². The highest BCUT2D eigenvalue weighted by Crippen LogP contribution is 2.44. The van der Waals surface area contributed by atoms with E-state index in [0.717, 1.165) is 24.2 Å². The monoisotopic (exact) mass is 372 g/mol. The zero-order valence-electron chi connectivity index (χ0n) is 17.3. The fraction of sp³-hybridized carbons (Fsp3) is 0.680. The Kier molecular flexibility index (Phi) is 7.93. The first-order valence-corrected chi connectivity index (χ1v) is 11.2. The van der Waals surface area contributed by atoms with E-state index in [1.807, 2.05) is 13.0 Å². The molecule has 0 unspecified atom stereocenters. The van der Waals surface area contributed by atoms with Crippen LogP contribution in [0.5, 0.6) is 0 Å². The van der Waals surface area contributed by atoms with Crippen molar-refractivity contribution < 1.29 is 9.13 Å². The molecule has 0 atom stereocenters. The number of hydrogen-bond donors (Lipinski definition) is 0. The Labute approximate surface area is 165 Å². The third-order valence-electron chi connectivity index (χ3n) is 6.91. The Bertz CT molecular complexity index is 592. The Morgan fingerprint density at radius 1 is 0.963 bits per heavy atom. The molecule has 1 aromatic carbocycles. The van der Waals surface area contributed by atoms with Gasteiger partial charge in [0.2, 0.25) is 0 Å². The molecule has 2 aliphatic rings. The van der Waals surface area contributed by atoms with Crippen molar-refractivity contribution in [3.8, 4) is 0 Å². The second-order valence-electron chi connectivity index (χ2n) is 8.61. The first-order chi connectivity index (χ1) is 13.2. The number of benzene rings is 1. The minimum atomic E-state index is -0.0958. The van der Waals surface area contributed by atoms with Crippen LogP contribution < -0.4 is 0 Å². The number of rotatable bonds is 7. The highest BCUT2D eigenvalue weighted by Gasteiger charge is 2.30. The van der Waals surface area contributed by atoms with Crippen LogP contribution in [-0.2, 0) is 11.3 Å². The second-order valence-corrected chi connectivity index (χ2v) is 8.61. The SMILES string of the molecule is CC/C=C/C1CCC([C@H]2CC[C@H](c3ccc(COCC)c(F)c3)CC2)CC1. The lowest BCUT2D eigenvalue weighted by molar-refractivity contribution is 0.131. The maximum Gasteiger partial charge on any atom is 0.129 e. The van der Waals surface area contributed by atoms with E-state index in [9.17, 15) is 4.39 Å². The van der Waals surface area contributed by atoms with Crippen molar-refractivity contribution in [2.45, 2.75) is 84.2 Å². The molecule has 150 valence electrons. The molecule has 0 heterocycles. The summed E-state index contributed by atoms with van der Waals surface area (Å²) in [5.41, 5.74) is 1.88. The summed E-state index contributed by atoms with van der Waals surface area (Å²) in [5.74, 6) is 3.11. The number of ether oxygens (including phenoxy) is 1. The maximum absolute atomic E-state index is 14.3. The summed E-state index contributed by atoms with van der Waals surface area (Å²) in [4.78, 5) is 0. The fourth-order valence-electron chi connectivity index (χ4n) is 5.21. The molecule has 2 heteroatoms. The molecule has 2 aliphatic carbocycles. The summed E-state index contributed by atoms with van der Waals surface area (Å²) >= 11 is 0. The minimum Gasteiger partial charge on any atom is -0.377 e. The van der Waals surface area contributed by atoms with Gasteiger partial charge in [0.15, 0.2) is 0 Å². The highest BCUT2D eigenvalue weighted by molar-refractivity contribution is 5.27. The van der Waals surface area contributed by atoms with E-state index in [1.54, 1.807) is 6.07 Å². The van der Waals surface area contributed by atoms with Crippen LogP contribution in [0.4, 0.5) is 4.39 Å². The van der Waals surface area contributed by atoms with Crippen molar-refractivity contribution in [3.63, 3.8) is 0 Å². The van der Waals surface area contributed by atoms with E-state index in [-0.39, 0.29) is 5.82 Å². The summed E-state index contributed by atoms with van der Waals surface area (Å²) < 4.78 is 19.7. The van der Waals surface area contributed by atoms with Crippen LogP contribution in [0, 0.1) is 23.6 Å². The average Bonchev–Trinajstić information content (AvgIpc) is 2.72. The highest BCUT2D eigenvalue weighted by atomic mass is 19.1. The lowest BCUT2D eigenvalue weighted by Gasteiger charge is -2.37. The average molecular weight is 373 g/mol. The summed E-state index contributed by atoms with van der Waals surface area (Å²) in [6.45, 7) is 5.17. The van der Waals surface area contributed by atoms with Gasteiger partial charge < -0.3 is 4.74 Å². The predicted molar refractivity (Wildman–Crippen MR) is 111 cm³/mol. The fourth-order valence-corrected chi connectivity index (χ4v) is 5.21. The normalized spacial score (nSPS) is 29.3. The molecule has 0 bridgehead atoms. The third-order valence-corrected chi connectivity index (χ3v) is 6.91. The molecule has 0 saturated heterocycles.